The van der Waals surface area contributed by atoms with Crippen LogP contribution in [0.2, 0.25) is 0 Å². The third kappa shape index (κ3) is 48.3. The number of hydrogen-bond donors (Lipinski definition) is 0. The van der Waals surface area contributed by atoms with E-state index in [9.17, 15) is 14.4 Å². The molecule has 0 N–H and O–H groups in total. The molecule has 0 heterocycles. The van der Waals surface area contributed by atoms with Crippen LogP contribution in [0, 0.1) is 0 Å². The van der Waals surface area contributed by atoms with Gasteiger partial charge in [-0.1, -0.05) is 224 Å². The monoisotopic (exact) mass is 881 g/mol. The van der Waals surface area contributed by atoms with Crippen LogP contribution in [0.15, 0.2) is 146 Å². The lowest BCUT2D eigenvalue weighted by Gasteiger charge is -2.18. The van der Waals surface area contributed by atoms with Crippen LogP contribution in [0.4, 0.5) is 0 Å². The Kier molecular flexibility index (Phi) is 47.2. The lowest BCUT2D eigenvalue weighted by atomic mass is 10.1. The Balaban J connectivity index is 4.58. The molecule has 0 aromatic rings. The summed E-state index contributed by atoms with van der Waals surface area (Å²) in [7, 11) is 0. The highest BCUT2D eigenvalue weighted by Gasteiger charge is 2.19. The average molecular weight is 881 g/mol. The summed E-state index contributed by atoms with van der Waals surface area (Å²) in [5, 5.41) is 0. The van der Waals surface area contributed by atoms with Crippen LogP contribution in [-0.4, -0.2) is 37.2 Å². The summed E-state index contributed by atoms with van der Waals surface area (Å²) in [4.78, 5) is 37.9. The van der Waals surface area contributed by atoms with Crippen molar-refractivity contribution in [3.63, 3.8) is 0 Å². The normalized spacial score (nSPS) is 13.4. The van der Waals surface area contributed by atoms with Gasteiger partial charge in [0.2, 0.25) is 0 Å². The van der Waals surface area contributed by atoms with Gasteiger partial charge in [0, 0.05) is 19.3 Å². The molecule has 0 spiro atoms. The van der Waals surface area contributed by atoms with Gasteiger partial charge in [0.25, 0.3) is 0 Å². The Bertz CT molecular complexity index is 1480. The Morgan fingerprint density at radius 2 is 0.625 bits per heavy atom. The van der Waals surface area contributed by atoms with Gasteiger partial charge in [-0.3, -0.25) is 14.4 Å². The Labute approximate surface area is 391 Å². The number of carbonyl (C=O) groups is 3. The van der Waals surface area contributed by atoms with Crippen molar-refractivity contribution < 1.29 is 28.6 Å². The van der Waals surface area contributed by atoms with Gasteiger partial charge >= 0.3 is 17.9 Å². The summed E-state index contributed by atoms with van der Waals surface area (Å²) in [6.07, 6.45) is 72.5. The zero-order valence-electron chi connectivity index (χ0n) is 40.5. The van der Waals surface area contributed by atoms with E-state index in [1.165, 1.54) is 32.1 Å². The summed E-state index contributed by atoms with van der Waals surface area (Å²) >= 11 is 0. The van der Waals surface area contributed by atoms with Crippen LogP contribution < -0.4 is 0 Å². The third-order valence-electron chi connectivity index (χ3n) is 9.85. The van der Waals surface area contributed by atoms with Crippen molar-refractivity contribution in [3.05, 3.63) is 146 Å². The number of ether oxygens (including phenoxy) is 3. The molecule has 0 saturated carbocycles. The molecule has 64 heavy (non-hydrogen) atoms. The second kappa shape index (κ2) is 50.9. The van der Waals surface area contributed by atoms with Gasteiger partial charge < -0.3 is 14.2 Å². The molecule has 1 atom stereocenters. The molecule has 0 saturated heterocycles. The van der Waals surface area contributed by atoms with Crippen LogP contribution in [0.1, 0.15) is 181 Å². The van der Waals surface area contributed by atoms with Crippen molar-refractivity contribution in [2.45, 2.75) is 187 Å². The fourth-order valence-electron chi connectivity index (χ4n) is 6.13. The lowest BCUT2D eigenvalue weighted by molar-refractivity contribution is -0.167. The fourth-order valence-corrected chi connectivity index (χ4v) is 6.13. The predicted molar refractivity (Wildman–Crippen MR) is 274 cm³/mol. The maximum atomic E-state index is 12.8. The quantitative estimate of drug-likeness (QED) is 0.0200. The zero-order valence-corrected chi connectivity index (χ0v) is 40.5. The first-order valence-electron chi connectivity index (χ1n) is 25.0. The molecule has 0 bridgehead atoms. The SMILES string of the molecule is CC\C=C/C=C\C=C/C=C\C=C\C=C/C=C\CCCCCC(=O)OCC(COC(=O)CCCCCCC/C=C\CCCCC)OC(=O)CCCCCCC\C=C/C=C\C=C/C=C\CC. The Hall–Kier alpha value is -4.71. The van der Waals surface area contributed by atoms with E-state index in [1.54, 1.807) is 0 Å². The van der Waals surface area contributed by atoms with Gasteiger partial charge in [-0.05, 0) is 83.5 Å². The van der Waals surface area contributed by atoms with E-state index in [4.69, 9.17) is 14.2 Å². The first-order valence-corrected chi connectivity index (χ1v) is 25.0. The highest BCUT2D eigenvalue weighted by molar-refractivity contribution is 5.71. The second-order valence-electron chi connectivity index (χ2n) is 15.9. The number of allylic oxidation sites excluding steroid dienone is 24. The average Bonchev–Trinajstić information content (AvgIpc) is 3.29. The maximum absolute atomic E-state index is 12.8. The number of unbranched alkanes of at least 4 members (excludes halogenated alkanes) is 16. The molecule has 0 aliphatic heterocycles. The van der Waals surface area contributed by atoms with E-state index in [0.29, 0.717) is 19.3 Å². The fraction of sp³-hybridized carbons (Fsp3) is 0.534. The van der Waals surface area contributed by atoms with Crippen molar-refractivity contribution in [3.8, 4) is 0 Å². The highest BCUT2D eigenvalue weighted by atomic mass is 16.6. The number of carbonyl (C=O) groups excluding carboxylic acids is 3. The zero-order chi connectivity index (χ0) is 46.5. The van der Waals surface area contributed by atoms with E-state index < -0.39 is 6.10 Å². The third-order valence-corrected chi connectivity index (χ3v) is 9.85. The molecule has 0 radical (unpaired) electrons. The summed E-state index contributed by atoms with van der Waals surface area (Å²) in [6.45, 7) is 6.23. The van der Waals surface area contributed by atoms with E-state index >= 15 is 0 Å². The number of rotatable bonds is 42. The molecule has 0 aliphatic rings. The molecule has 0 rings (SSSR count). The second-order valence-corrected chi connectivity index (χ2v) is 15.9. The van der Waals surface area contributed by atoms with Gasteiger partial charge in [0.1, 0.15) is 13.2 Å². The van der Waals surface area contributed by atoms with Crippen LogP contribution >= 0.6 is 0 Å². The molecule has 0 amide bonds. The largest absolute Gasteiger partial charge is 0.462 e. The van der Waals surface area contributed by atoms with E-state index in [-0.39, 0.29) is 37.5 Å². The van der Waals surface area contributed by atoms with Crippen molar-refractivity contribution in [1.82, 2.24) is 0 Å². The smallest absolute Gasteiger partial charge is 0.306 e. The minimum atomic E-state index is -0.819. The summed E-state index contributed by atoms with van der Waals surface area (Å²) in [5.74, 6) is -1.01. The molecular weight excluding hydrogens is 793 g/mol. The van der Waals surface area contributed by atoms with Gasteiger partial charge in [-0.15, -0.1) is 0 Å². The van der Waals surface area contributed by atoms with E-state index in [1.807, 2.05) is 97.2 Å². The van der Waals surface area contributed by atoms with E-state index in [2.05, 4.69) is 69.4 Å². The van der Waals surface area contributed by atoms with Crippen molar-refractivity contribution in [1.29, 1.82) is 0 Å². The lowest BCUT2D eigenvalue weighted by Crippen LogP contribution is -2.30. The molecular formula is C58H88O6. The number of esters is 3. The van der Waals surface area contributed by atoms with Crippen LogP contribution in [0.5, 0.6) is 0 Å². The topological polar surface area (TPSA) is 78.9 Å². The standard InChI is InChI=1S/C58H88O6/c1-4-7-10-13-16-19-22-25-27-28-29-30-32-33-36-39-42-45-48-51-57(60)63-54-55(53-62-56(59)50-47-44-41-38-35-24-21-18-15-12-9-6-3)64-58(61)52-49-46-43-40-37-34-31-26-23-20-17-14-11-8-5-2/h7-8,10-11,13-14,16-23,25-33,36,55H,4-6,9,12,15,24,34-35,37-54H2,1-3H3/b10-7-,11-8-,16-13-,17-14-,21-18-,22-19-,23-20-,27-25-,29-28+,31-26-,32-30-,36-33-. The molecule has 6 heteroatoms. The highest BCUT2D eigenvalue weighted by Crippen LogP contribution is 2.12. The Morgan fingerprint density at radius 3 is 1.02 bits per heavy atom. The predicted octanol–water partition coefficient (Wildman–Crippen LogP) is 16.5. The van der Waals surface area contributed by atoms with Gasteiger partial charge in [-0.25, -0.2) is 0 Å². The van der Waals surface area contributed by atoms with Crippen LogP contribution in [0.25, 0.3) is 0 Å². The summed E-state index contributed by atoms with van der Waals surface area (Å²) < 4.78 is 16.7. The molecule has 0 aliphatic carbocycles. The van der Waals surface area contributed by atoms with E-state index in [0.717, 1.165) is 103 Å². The van der Waals surface area contributed by atoms with Crippen LogP contribution in [0.3, 0.4) is 0 Å². The molecule has 1 unspecified atom stereocenters. The molecule has 0 fully saturated rings. The minimum Gasteiger partial charge on any atom is -0.462 e. The Morgan fingerprint density at radius 1 is 0.328 bits per heavy atom. The summed E-state index contributed by atoms with van der Waals surface area (Å²) in [5.41, 5.74) is 0. The number of hydrogen-bond acceptors (Lipinski definition) is 6. The summed E-state index contributed by atoms with van der Waals surface area (Å²) in [6, 6.07) is 0. The van der Waals surface area contributed by atoms with Gasteiger partial charge in [-0.2, -0.15) is 0 Å². The molecule has 6 nitrogen and oxygen atoms in total. The first kappa shape index (κ1) is 59.3. The maximum Gasteiger partial charge on any atom is 0.306 e. The van der Waals surface area contributed by atoms with Crippen LogP contribution in [-0.2, 0) is 28.6 Å². The minimum absolute atomic E-state index is 0.114. The van der Waals surface area contributed by atoms with Crippen molar-refractivity contribution >= 4 is 17.9 Å². The van der Waals surface area contributed by atoms with Gasteiger partial charge in [0.05, 0.1) is 0 Å². The first-order chi connectivity index (χ1) is 31.5. The van der Waals surface area contributed by atoms with Gasteiger partial charge in [0.15, 0.2) is 6.10 Å². The van der Waals surface area contributed by atoms with Crippen molar-refractivity contribution in [2.24, 2.45) is 0 Å². The molecule has 0 aromatic carbocycles. The van der Waals surface area contributed by atoms with Crippen molar-refractivity contribution in [2.75, 3.05) is 13.2 Å². The molecule has 0 aromatic heterocycles. The molecule has 356 valence electrons.